The van der Waals surface area contributed by atoms with Crippen LogP contribution in [0, 0.1) is 0 Å². The maximum atomic E-state index is 12.6. The Morgan fingerprint density at radius 1 is 1.16 bits per heavy atom. The second-order valence-electron chi connectivity index (χ2n) is 5.91. The molecule has 3 aromatic rings. The largest absolute Gasteiger partial charge is 0.416 e. The van der Waals surface area contributed by atoms with Crippen LogP contribution in [0.3, 0.4) is 0 Å². The van der Waals surface area contributed by atoms with Crippen molar-refractivity contribution in [3.8, 4) is 10.6 Å². The lowest BCUT2D eigenvalue weighted by Gasteiger charge is -2.13. The van der Waals surface area contributed by atoms with E-state index in [4.69, 9.17) is 0 Å². The zero-order chi connectivity index (χ0) is 18.0. The fourth-order valence-electron chi connectivity index (χ4n) is 2.51. The fourth-order valence-corrected chi connectivity index (χ4v) is 3.33. The van der Waals surface area contributed by atoms with Gasteiger partial charge < -0.3 is 0 Å². The first-order valence-corrected chi connectivity index (χ1v) is 8.47. The average Bonchev–Trinajstić information content (AvgIpc) is 3.16. The minimum absolute atomic E-state index is 0.649. The van der Waals surface area contributed by atoms with E-state index in [1.807, 2.05) is 31.9 Å². The minimum atomic E-state index is -4.32. The van der Waals surface area contributed by atoms with E-state index in [1.165, 1.54) is 23.5 Å². The molecular formula is C17H17F3N4S. The number of halogens is 3. The maximum Gasteiger partial charge on any atom is 0.416 e. The first-order chi connectivity index (χ1) is 11.8. The second kappa shape index (κ2) is 6.97. The molecule has 2 aromatic heterocycles. The number of benzene rings is 1. The van der Waals surface area contributed by atoms with Crippen LogP contribution in [0.25, 0.3) is 10.6 Å². The van der Waals surface area contributed by atoms with Crippen molar-refractivity contribution in [3.05, 3.63) is 58.9 Å². The van der Waals surface area contributed by atoms with Crippen molar-refractivity contribution in [1.29, 1.82) is 0 Å². The van der Waals surface area contributed by atoms with E-state index in [0.717, 1.165) is 34.9 Å². The van der Waals surface area contributed by atoms with Crippen LogP contribution in [0.15, 0.2) is 42.0 Å². The van der Waals surface area contributed by atoms with Gasteiger partial charge in [-0.25, -0.2) is 4.98 Å². The van der Waals surface area contributed by atoms with Crippen LogP contribution >= 0.6 is 11.3 Å². The Morgan fingerprint density at radius 2 is 1.88 bits per heavy atom. The molecule has 0 saturated heterocycles. The Morgan fingerprint density at radius 3 is 2.48 bits per heavy atom. The molecule has 0 amide bonds. The molecule has 0 bridgehead atoms. The summed E-state index contributed by atoms with van der Waals surface area (Å²) in [6.07, 6.45) is -0.530. The summed E-state index contributed by atoms with van der Waals surface area (Å²) in [5, 5.41) is 6.80. The Balaban J connectivity index is 1.65. The zero-order valence-corrected chi connectivity index (χ0v) is 14.6. The summed E-state index contributed by atoms with van der Waals surface area (Å²) in [6, 6.07) is 5.10. The number of rotatable bonds is 5. The molecule has 0 fully saturated rings. The van der Waals surface area contributed by atoms with Gasteiger partial charge in [0.05, 0.1) is 17.5 Å². The summed E-state index contributed by atoms with van der Waals surface area (Å²) in [5.41, 5.74) is 2.05. The van der Waals surface area contributed by atoms with Gasteiger partial charge in [0.15, 0.2) is 0 Å². The Labute approximate surface area is 147 Å². The highest BCUT2D eigenvalue weighted by Crippen LogP contribution is 2.31. The number of hydrogen-bond donors (Lipinski definition) is 0. The van der Waals surface area contributed by atoms with Gasteiger partial charge in [-0.3, -0.25) is 9.58 Å². The van der Waals surface area contributed by atoms with Gasteiger partial charge in [0.1, 0.15) is 5.01 Å². The molecule has 0 aliphatic carbocycles. The summed E-state index contributed by atoms with van der Waals surface area (Å²) in [7, 11) is 3.87. The molecule has 0 radical (unpaired) electrons. The van der Waals surface area contributed by atoms with Crippen LogP contribution in [0.2, 0.25) is 0 Å². The SMILES string of the molecule is CN(Cc1cnn(C)c1)Cc1csc(-c2ccc(C(F)(F)F)cc2)n1. The number of nitrogens with zero attached hydrogens (tertiary/aromatic N) is 4. The molecular weight excluding hydrogens is 349 g/mol. The quantitative estimate of drug-likeness (QED) is 0.679. The van der Waals surface area contributed by atoms with Gasteiger partial charge in [0.25, 0.3) is 0 Å². The lowest BCUT2D eigenvalue weighted by atomic mass is 10.1. The van der Waals surface area contributed by atoms with Crippen LogP contribution in [-0.2, 0) is 26.3 Å². The summed E-state index contributed by atoms with van der Waals surface area (Å²) in [6.45, 7) is 1.41. The van der Waals surface area contributed by atoms with E-state index < -0.39 is 11.7 Å². The summed E-state index contributed by atoms with van der Waals surface area (Å²) in [5.74, 6) is 0. The summed E-state index contributed by atoms with van der Waals surface area (Å²) in [4.78, 5) is 6.65. The molecule has 0 unspecified atom stereocenters. The lowest BCUT2D eigenvalue weighted by molar-refractivity contribution is -0.137. The monoisotopic (exact) mass is 366 g/mol. The number of alkyl halides is 3. The lowest BCUT2D eigenvalue weighted by Crippen LogP contribution is -2.17. The van der Waals surface area contributed by atoms with Crippen molar-refractivity contribution in [2.24, 2.45) is 7.05 Å². The summed E-state index contributed by atoms with van der Waals surface area (Å²) >= 11 is 1.43. The normalized spacial score (nSPS) is 12.1. The molecule has 0 N–H and O–H groups in total. The number of aromatic nitrogens is 3. The van der Waals surface area contributed by atoms with Crippen molar-refractivity contribution in [1.82, 2.24) is 19.7 Å². The topological polar surface area (TPSA) is 34.0 Å². The molecule has 0 saturated carbocycles. The predicted octanol–water partition coefficient (Wildman–Crippen LogP) is 4.19. The molecule has 2 heterocycles. The highest BCUT2D eigenvalue weighted by molar-refractivity contribution is 7.13. The first-order valence-electron chi connectivity index (χ1n) is 7.59. The van der Waals surface area contributed by atoms with Crippen molar-refractivity contribution >= 4 is 11.3 Å². The van der Waals surface area contributed by atoms with E-state index >= 15 is 0 Å². The van der Waals surface area contributed by atoms with E-state index in [0.29, 0.717) is 12.1 Å². The molecule has 0 aliphatic rings. The van der Waals surface area contributed by atoms with Gasteiger partial charge in [0, 0.05) is 42.8 Å². The predicted molar refractivity (Wildman–Crippen MR) is 90.9 cm³/mol. The molecule has 132 valence electrons. The van der Waals surface area contributed by atoms with Crippen molar-refractivity contribution in [3.63, 3.8) is 0 Å². The van der Waals surface area contributed by atoms with Gasteiger partial charge in [-0.1, -0.05) is 12.1 Å². The van der Waals surface area contributed by atoms with Crippen LogP contribution in [0.1, 0.15) is 16.8 Å². The first kappa shape index (κ1) is 17.6. The van der Waals surface area contributed by atoms with Gasteiger partial charge in [-0.05, 0) is 19.2 Å². The smallest absolute Gasteiger partial charge is 0.296 e. The molecule has 1 aromatic carbocycles. The van der Waals surface area contributed by atoms with E-state index in [-0.39, 0.29) is 0 Å². The summed E-state index contributed by atoms with van der Waals surface area (Å²) < 4.78 is 39.6. The van der Waals surface area contributed by atoms with E-state index in [9.17, 15) is 13.2 Å². The maximum absolute atomic E-state index is 12.6. The van der Waals surface area contributed by atoms with Crippen LogP contribution < -0.4 is 0 Å². The van der Waals surface area contributed by atoms with Crippen molar-refractivity contribution in [2.75, 3.05) is 7.05 Å². The van der Waals surface area contributed by atoms with Gasteiger partial charge in [0.2, 0.25) is 0 Å². The molecule has 0 atom stereocenters. The van der Waals surface area contributed by atoms with Crippen LogP contribution in [-0.4, -0.2) is 26.7 Å². The third kappa shape index (κ3) is 4.46. The third-order valence-corrected chi connectivity index (χ3v) is 4.59. The van der Waals surface area contributed by atoms with Gasteiger partial charge in [-0.15, -0.1) is 11.3 Å². The van der Waals surface area contributed by atoms with E-state index in [2.05, 4.69) is 15.0 Å². The van der Waals surface area contributed by atoms with Crippen molar-refractivity contribution in [2.45, 2.75) is 19.3 Å². The second-order valence-corrected chi connectivity index (χ2v) is 6.77. The Hall–Kier alpha value is -2.19. The van der Waals surface area contributed by atoms with E-state index in [1.54, 1.807) is 4.68 Å². The molecule has 3 rings (SSSR count). The highest BCUT2D eigenvalue weighted by atomic mass is 32.1. The Kier molecular flexibility index (Phi) is 4.91. The Bertz CT molecular complexity index is 836. The molecule has 4 nitrogen and oxygen atoms in total. The third-order valence-electron chi connectivity index (χ3n) is 3.65. The molecule has 0 aliphatic heterocycles. The number of thiazole rings is 1. The molecule has 8 heteroatoms. The molecule has 0 spiro atoms. The van der Waals surface area contributed by atoms with Gasteiger partial charge >= 0.3 is 6.18 Å². The minimum Gasteiger partial charge on any atom is -0.296 e. The van der Waals surface area contributed by atoms with Crippen molar-refractivity contribution < 1.29 is 13.2 Å². The molecule has 25 heavy (non-hydrogen) atoms. The van der Waals surface area contributed by atoms with Crippen LogP contribution in [0.5, 0.6) is 0 Å². The number of aryl methyl sites for hydroxylation is 1. The fraction of sp³-hybridized carbons (Fsp3) is 0.294. The average molecular weight is 366 g/mol. The highest BCUT2D eigenvalue weighted by Gasteiger charge is 2.30. The van der Waals surface area contributed by atoms with Gasteiger partial charge in [-0.2, -0.15) is 18.3 Å². The standard InChI is InChI=1S/C17H17F3N4S/c1-23(8-12-7-21-24(2)9-12)10-15-11-25-16(22-15)13-3-5-14(6-4-13)17(18,19)20/h3-7,9,11H,8,10H2,1-2H3. The number of hydrogen-bond acceptors (Lipinski definition) is 4. The van der Waals surface area contributed by atoms with Crippen LogP contribution in [0.4, 0.5) is 13.2 Å². The zero-order valence-electron chi connectivity index (χ0n) is 13.8.